The molecular weight excluding hydrogens is 266 g/mol. The highest BCUT2D eigenvalue weighted by Gasteiger charge is 2.25. The summed E-state index contributed by atoms with van der Waals surface area (Å²) in [4.78, 5) is 35.1. The zero-order valence-corrected chi connectivity index (χ0v) is 10.8. The van der Waals surface area contributed by atoms with Crippen molar-refractivity contribution in [2.75, 3.05) is 26.7 Å². The lowest BCUT2D eigenvalue weighted by Crippen LogP contribution is -2.49. The first-order valence-electron chi connectivity index (χ1n) is 5.91. The van der Waals surface area contributed by atoms with Crippen molar-refractivity contribution >= 4 is 17.5 Å². The lowest BCUT2D eigenvalue weighted by Gasteiger charge is -2.26. The highest BCUT2D eigenvalue weighted by Crippen LogP contribution is 2.28. The summed E-state index contributed by atoms with van der Waals surface area (Å²) < 4.78 is 4.87. The highest BCUT2D eigenvalue weighted by atomic mass is 16.6. The number of carbonyl (C=O) groups excluding carboxylic acids is 2. The smallest absolute Gasteiger partial charge is 0.311 e. The van der Waals surface area contributed by atoms with Crippen molar-refractivity contribution in [1.82, 2.24) is 10.2 Å². The third kappa shape index (κ3) is 2.68. The summed E-state index contributed by atoms with van der Waals surface area (Å²) >= 11 is 0. The molecule has 20 heavy (non-hydrogen) atoms. The monoisotopic (exact) mass is 279 g/mol. The van der Waals surface area contributed by atoms with Crippen LogP contribution in [0, 0.1) is 10.1 Å². The van der Waals surface area contributed by atoms with Crippen molar-refractivity contribution in [3.8, 4) is 5.75 Å². The van der Waals surface area contributed by atoms with Crippen LogP contribution < -0.4 is 10.1 Å². The lowest BCUT2D eigenvalue weighted by atomic mass is 10.1. The normalized spacial score (nSPS) is 14.7. The second kappa shape index (κ2) is 5.55. The highest BCUT2D eigenvalue weighted by molar-refractivity contribution is 5.97. The second-order valence-electron chi connectivity index (χ2n) is 4.22. The van der Waals surface area contributed by atoms with Crippen LogP contribution in [-0.4, -0.2) is 48.4 Å². The molecule has 1 fully saturated rings. The molecule has 1 saturated heterocycles. The molecule has 2 rings (SSSR count). The molecule has 1 aromatic carbocycles. The summed E-state index contributed by atoms with van der Waals surface area (Å²) in [5.41, 5.74) is -0.119. The van der Waals surface area contributed by atoms with Gasteiger partial charge in [-0.15, -0.1) is 0 Å². The molecular formula is C12H13N3O5. The molecule has 0 aliphatic carbocycles. The average Bonchev–Trinajstić information content (AvgIpc) is 2.45. The maximum absolute atomic E-state index is 12.2. The Bertz CT molecular complexity index is 572. The molecule has 8 nitrogen and oxygen atoms in total. The number of nitrogens with one attached hydrogen (secondary N) is 1. The predicted molar refractivity (Wildman–Crippen MR) is 68.6 cm³/mol. The Balaban J connectivity index is 2.28. The maximum atomic E-state index is 12.2. The van der Waals surface area contributed by atoms with Crippen LogP contribution in [-0.2, 0) is 4.79 Å². The zero-order chi connectivity index (χ0) is 14.7. The van der Waals surface area contributed by atoms with Gasteiger partial charge in [0.05, 0.1) is 18.6 Å². The van der Waals surface area contributed by atoms with Gasteiger partial charge in [0.2, 0.25) is 5.91 Å². The summed E-state index contributed by atoms with van der Waals surface area (Å²) in [7, 11) is 1.32. The largest absolute Gasteiger partial charge is 0.490 e. The molecule has 0 unspecified atom stereocenters. The third-order valence-corrected chi connectivity index (χ3v) is 2.95. The van der Waals surface area contributed by atoms with Gasteiger partial charge >= 0.3 is 5.69 Å². The molecule has 0 spiro atoms. The number of amides is 2. The molecule has 1 N–H and O–H groups in total. The van der Waals surface area contributed by atoms with E-state index in [-0.39, 0.29) is 29.5 Å². The molecule has 1 aliphatic rings. The minimum absolute atomic E-state index is 0.0430. The fourth-order valence-corrected chi connectivity index (χ4v) is 1.96. The average molecular weight is 279 g/mol. The van der Waals surface area contributed by atoms with Gasteiger partial charge in [0.1, 0.15) is 0 Å². The van der Waals surface area contributed by atoms with E-state index in [1.807, 2.05) is 0 Å². The van der Waals surface area contributed by atoms with Gasteiger partial charge in [-0.2, -0.15) is 0 Å². The number of carbonyl (C=O) groups is 2. The number of hydrogen-bond donors (Lipinski definition) is 1. The van der Waals surface area contributed by atoms with Crippen LogP contribution in [0.15, 0.2) is 18.2 Å². The van der Waals surface area contributed by atoms with Gasteiger partial charge in [0.15, 0.2) is 5.75 Å². The van der Waals surface area contributed by atoms with Gasteiger partial charge in [0, 0.05) is 24.7 Å². The minimum Gasteiger partial charge on any atom is -0.490 e. The zero-order valence-electron chi connectivity index (χ0n) is 10.8. The van der Waals surface area contributed by atoms with E-state index in [4.69, 9.17) is 4.74 Å². The first-order valence-corrected chi connectivity index (χ1v) is 5.91. The third-order valence-electron chi connectivity index (χ3n) is 2.95. The molecule has 0 atom stereocenters. The summed E-state index contributed by atoms with van der Waals surface area (Å²) in [5.74, 6) is -0.568. The number of ether oxygens (including phenoxy) is 1. The number of methoxy groups -OCH3 is 1. The molecule has 0 aromatic heterocycles. The van der Waals surface area contributed by atoms with E-state index in [0.717, 1.165) is 6.07 Å². The quantitative estimate of drug-likeness (QED) is 0.628. The van der Waals surface area contributed by atoms with Gasteiger partial charge in [-0.3, -0.25) is 19.7 Å². The summed E-state index contributed by atoms with van der Waals surface area (Å²) in [6, 6.07) is 3.98. The Morgan fingerprint density at radius 1 is 1.50 bits per heavy atom. The van der Waals surface area contributed by atoms with Gasteiger partial charge in [-0.1, -0.05) is 0 Å². The molecule has 1 heterocycles. The second-order valence-corrected chi connectivity index (χ2v) is 4.22. The van der Waals surface area contributed by atoms with E-state index in [2.05, 4.69) is 5.32 Å². The number of nitro groups is 1. The van der Waals surface area contributed by atoms with E-state index in [1.165, 1.54) is 24.1 Å². The van der Waals surface area contributed by atoms with Gasteiger partial charge < -0.3 is 15.0 Å². The number of nitrogens with zero attached hydrogens (tertiary/aromatic N) is 2. The van der Waals surface area contributed by atoms with E-state index in [9.17, 15) is 19.7 Å². The topological polar surface area (TPSA) is 102 Å². The Morgan fingerprint density at radius 3 is 2.85 bits per heavy atom. The Kier molecular flexibility index (Phi) is 3.83. The van der Waals surface area contributed by atoms with E-state index in [1.54, 1.807) is 0 Å². The van der Waals surface area contributed by atoms with Crippen LogP contribution in [0.2, 0.25) is 0 Å². The van der Waals surface area contributed by atoms with Crippen LogP contribution in [0.5, 0.6) is 5.75 Å². The fraction of sp³-hybridized carbons (Fsp3) is 0.333. The van der Waals surface area contributed by atoms with Gasteiger partial charge in [0.25, 0.3) is 5.91 Å². The summed E-state index contributed by atoms with van der Waals surface area (Å²) in [6.45, 7) is 0.714. The Labute approximate surface area is 114 Å². The standard InChI is InChI=1S/C12H13N3O5/c1-20-10-3-2-8(6-9(10)15(18)19)12(17)14-5-4-13-11(16)7-14/h2-3,6H,4-5,7H2,1H3,(H,13,16). The first-order chi connectivity index (χ1) is 9.52. The Hall–Kier alpha value is -2.64. The van der Waals surface area contributed by atoms with Crippen molar-refractivity contribution in [2.45, 2.75) is 0 Å². The van der Waals surface area contributed by atoms with Crippen molar-refractivity contribution in [1.29, 1.82) is 0 Å². The SMILES string of the molecule is COc1ccc(C(=O)N2CCNC(=O)C2)cc1[N+](=O)[O-]. The van der Waals surface area contributed by atoms with E-state index < -0.39 is 10.8 Å². The van der Waals surface area contributed by atoms with Crippen LogP contribution in [0.3, 0.4) is 0 Å². The van der Waals surface area contributed by atoms with Crippen molar-refractivity contribution in [3.63, 3.8) is 0 Å². The maximum Gasteiger partial charge on any atom is 0.311 e. The van der Waals surface area contributed by atoms with Crippen LogP contribution in [0.1, 0.15) is 10.4 Å². The number of benzene rings is 1. The molecule has 0 saturated carbocycles. The van der Waals surface area contributed by atoms with Crippen LogP contribution >= 0.6 is 0 Å². The van der Waals surface area contributed by atoms with Crippen LogP contribution in [0.25, 0.3) is 0 Å². The predicted octanol–water partition coefficient (Wildman–Crippen LogP) is 0.175. The molecule has 106 valence electrons. The summed E-state index contributed by atoms with van der Waals surface area (Å²) in [6.07, 6.45) is 0. The summed E-state index contributed by atoms with van der Waals surface area (Å²) in [5, 5.41) is 13.5. The Morgan fingerprint density at radius 2 is 2.25 bits per heavy atom. The first kappa shape index (κ1) is 13.8. The van der Waals surface area contributed by atoms with E-state index in [0.29, 0.717) is 13.1 Å². The minimum atomic E-state index is -0.613. The molecule has 2 amide bonds. The lowest BCUT2D eigenvalue weighted by molar-refractivity contribution is -0.385. The van der Waals surface area contributed by atoms with Crippen molar-refractivity contribution < 1.29 is 19.2 Å². The van der Waals surface area contributed by atoms with Crippen LogP contribution in [0.4, 0.5) is 5.69 Å². The van der Waals surface area contributed by atoms with Crippen molar-refractivity contribution in [3.05, 3.63) is 33.9 Å². The number of rotatable bonds is 3. The molecule has 1 aromatic rings. The molecule has 0 bridgehead atoms. The van der Waals surface area contributed by atoms with E-state index >= 15 is 0 Å². The number of hydrogen-bond acceptors (Lipinski definition) is 5. The molecule has 1 aliphatic heterocycles. The van der Waals surface area contributed by atoms with Gasteiger partial charge in [-0.25, -0.2) is 0 Å². The number of nitro benzene ring substituents is 1. The molecule has 0 radical (unpaired) electrons. The number of piperazine rings is 1. The van der Waals surface area contributed by atoms with Gasteiger partial charge in [-0.05, 0) is 12.1 Å². The molecule has 8 heteroatoms. The fourth-order valence-electron chi connectivity index (χ4n) is 1.96. The van der Waals surface area contributed by atoms with Crippen molar-refractivity contribution in [2.24, 2.45) is 0 Å².